The first-order chi connectivity index (χ1) is 7.55. The van der Waals surface area contributed by atoms with Crippen molar-refractivity contribution >= 4 is 0 Å². The molecule has 3 nitrogen and oxygen atoms in total. The second-order valence-electron chi connectivity index (χ2n) is 5.57. The van der Waals surface area contributed by atoms with Crippen molar-refractivity contribution in [2.75, 3.05) is 26.2 Å². The predicted molar refractivity (Wildman–Crippen MR) is 65.3 cm³/mol. The Morgan fingerprint density at radius 2 is 1.88 bits per heavy atom. The fourth-order valence-electron chi connectivity index (χ4n) is 2.22. The predicted octanol–water partition coefficient (Wildman–Crippen LogP) is 2.20. The van der Waals surface area contributed by atoms with Gasteiger partial charge >= 0.3 is 0 Å². The van der Waals surface area contributed by atoms with E-state index < -0.39 is 0 Å². The summed E-state index contributed by atoms with van der Waals surface area (Å²) in [5.74, 6) is 0. The minimum atomic E-state index is 0.307. The van der Waals surface area contributed by atoms with Crippen LogP contribution in [0.4, 0.5) is 0 Å². The van der Waals surface area contributed by atoms with Gasteiger partial charge in [0.1, 0.15) is 0 Å². The van der Waals surface area contributed by atoms with Crippen LogP contribution < -0.4 is 0 Å². The topological polar surface area (TPSA) is 19.6 Å². The third-order valence-electron chi connectivity index (χ3n) is 3.31. The van der Waals surface area contributed by atoms with Crippen molar-refractivity contribution in [3.63, 3.8) is 0 Å². The normalized spacial score (nSPS) is 20.2. The third kappa shape index (κ3) is 2.86. The summed E-state index contributed by atoms with van der Waals surface area (Å²) in [7, 11) is 0. The summed E-state index contributed by atoms with van der Waals surface area (Å²) in [4.78, 5) is 5.05. The van der Waals surface area contributed by atoms with Crippen molar-refractivity contribution in [3.05, 3.63) is 24.2 Å². The molecule has 1 aromatic rings. The number of hydrogen-bond acceptors (Lipinski definition) is 3. The Balaban J connectivity index is 1.82. The van der Waals surface area contributed by atoms with Gasteiger partial charge in [0.25, 0.3) is 0 Å². The standard InChI is InChI=1S/C13H22N2O/c1-13(2,3)15-7-5-14(6-8-15)10-12-4-9-16-11-12/h4,9,11H,5-8,10H2,1-3H3. The number of nitrogens with zero attached hydrogens (tertiary/aromatic N) is 2. The molecule has 1 aromatic heterocycles. The first-order valence-corrected chi connectivity index (χ1v) is 6.04. The molecule has 0 aliphatic carbocycles. The lowest BCUT2D eigenvalue weighted by Gasteiger charge is -2.42. The maximum Gasteiger partial charge on any atom is 0.0947 e. The monoisotopic (exact) mass is 222 g/mol. The van der Waals surface area contributed by atoms with Gasteiger partial charge in [0, 0.05) is 43.8 Å². The van der Waals surface area contributed by atoms with Crippen LogP contribution in [0.2, 0.25) is 0 Å². The van der Waals surface area contributed by atoms with Crippen LogP contribution in [0.1, 0.15) is 26.3 Å². The van der Waals surface area contributed by atoms with Gasteiger partial charge in [-0.2, -0.15) is 0 Å². The quantitative estimate of drug-likeness (QED) is 0.765. The summed E-state index contributed by atoms with van der Waals surface area (Å²) in [6.07, 6.45) is 3.59. The number of rotatable bonds is 2. The van der Waals surface area contributed by atoms with Crippen molar-refractivity contribution in [3.8, 4) is 0 Å². The first kappa shape index (κ1) is 11.7. The second-order valence-corrected chi connectivity index (χ2v) is 5.57. The molecule has 0 radical (unpaired) electrons. The largest absolute Gasteiger partial charge is 0.472 e. The summed E-state index contributed by atoms with van der Waals surface area (Å²) >= 11 is 0. The van der Waals surface area contributed by atoms with E-state index in [1.54, 1.807) is 6.26 Å². The summed E-state index contributed by atoms with van der Waals surface area (Å²) in [6, 6.07) is 2.05. The highest BCUT2D eigenvalue weighted by molar-refractivity contribution is 5.05. The van der Waals surface area contributed by atoms with Crippen LogP contribution in [0, 0.1) is 0 Å². The lowest BCUT2D eigenvalue weighted by molar-refractivity contribution is 0.0590. The van der Waals surface area contributed by atoms with Gasteiger partial charge in [0.15, 0.2) is 0 Å². The van der Waals surface area contributed by atoms with Gasteiger partial charge in [0.2, 0.25) is 0 Å². The number of piperazine rings is 1. The third-order valence-corrected chi connectivity index (χ3v) is 3.31. The van der Waals surface area contributed by atoms with E-state index in [0.29, 0.717) is 5.54 Å². The molecule has 90 valence electrons. The van der Waals surface area contributed by atoms with Crippen molar-refractivity contribution in [1.82, 2.24) is 9.80 Å². The highest BCUT2D eigenvalue weighted by atomic mass is 16.3. The van der Waals surface area contributed by atoms with Gasteiger partial charge in [0.05, 0.1) is 12.5 Å². The minimum Gasteiger partial charge on any atom is -0.472 e. The van der Waals surface area contributed by atoms with Crippen LogP contribution in [-0.4, -0.2) is 41.5 Å². The molecule has 0 bridgehead atoms. The van der Waals surface area contributed by atoms with Crippen molar-refractivity contribution in [2.45, 2.75) is 32.9 Å². The zero-order valence-electron chi connectivity index (χ0n) is 10.6. The maximum absolute atomic E-state index is 5.09. The van der Waals surface area contributed by atoms with E-state index in [1.807, 2.05) is 6.26 Å². The van der Waals surface area contributed by atoms with Crippen LogP contribution in [0.25, 0.3) is 0 Å². The van der Waals surface area contributed by atoms with E-state index in [1.165, 1.54) is 18.7 Å². The molecular weight excluding hydrogens is 200 g/mol. The van der Waals surface area contributed by atoms with Crippen LogP contribution in [0.15, 0.2) is 23.0 Å². The Bertz CT molecular complexity index is 305. The molecule has 0 unspecified atom stereocenters. The molecule has 3 heteroatoms. The summed E-state index contributed by atoms with van der Waals surface area (Å²) in [5, 5.41) is 0. The number of furan rings is 1. The van der Waals surface area contributed by atoms with E-state index >= 15 is 0 Å². The molecule has 0 atom stereocenters. The van der Waals surface area contributed by atoms with E-state index in [9.17, 15) is 0 Å². The van der Waals surface area contributed by atoms with E-state index in [2.05, 4.69) is 36.6 Å². The second kappa shape index (κ2) is 4.60. The fourth-order valence-corrected chi connectivity index (χ4v) is 2.22. The Kier molecular flexibility index (Phi) is 3.36. The molecule has 16 heavy (non-hydrogen) atoms. The smallest absolute Gasteiger partial charge is 0.0947 e. The SMILES string of the molecule is CC(C)(C)N1CCN(Cc2ccoc2)CC1. The van der Waals surface area contributed by atoms with Crippen LogP contribution in [0.3, 0.4) is 0 Å². The summed E-state index contributed by atoms with van der Waals surface area (Å²) in [6.45, 7) is 12.5. The van der Waals surface area contributed by atoms with Crippen molar-refractivity contribution < 1.29 is 4.42 Å². The molecule has 0 amide bonds. The van der Waals surface area contributed by atoms with Gasteiger partial charge in [-0.3, -0.25) is 9.80 Å². The van der Waals surface area contributed by atoms with Crippen LogP contribution in [-0.2, 0) is 6.54 Å². The average molecular weight is 222 g/mol. The molecule has 0 saturated carbocycles. The van der Waals surface area contributed by atoms with Crippen LogP contribution in [0.5, 0.6) is 0 Å². The number of hydrogen-bond donors (Lipinski definition) is 0. The fraction of sp³-hybridized carbons (Fsp3) is 0.692. The van der Waals surface area contributed by atoms with Crippen molar-refractivity contribution in [2.24, 2.45) is 0 Å². The lowest BCUT2D eigenvalue weighted by Crippen LogP contribution is -2.53. The Morgan fingerprint density at radius 3 is 2.38 bits per heavy atom. The molecule has 0 N–H and O–H groups in total. The summed E-state index contributed by atoms with van der Waals surface area (Å²) < 4.78 is 5.09. The molecule has 1 aliphatic rings. The Hall–Kier alpha value is -0.800. The molecule has 2 heterocycles. The molecular formula is C13H22N2O. The Morgan fingerprint density at radius 1 is 1.19 bits per heavy atom. The molecule has 1 aliphatic heterocycles. The van der Waals surface area contributed by atoms with Gasteiger partial charge in [-0.1, -0.05) is 0 Å². The molecule has 1 saturated heterocycles. The zero-order valence-corrected chi connectivity index (χ0v) is 10.6. The lowest BCUT2D eigenvalue weighted by atomic mass is 10.0. The van der Waals surface area contributed by atoms with Gasteiger partial charge in [-0.15, -0.1) is 0 Å². The van der Waals surface area contributed by atoms with Gasteiger partial charge < -0.3 is 4.42 Å². The van der Waals surface area contributed by atoms with Gasteiger partial charge in [-0.25, -0.2) is 0 Å². The highest BCUT2D eigenvalue weighted by Gasteiger charge is 2.25. The Labute approximate surface area is 98.0 Å². The van der Waals surface area contributed by atoms with Crippen LogP contribution >= 0.6 is 0 Å². The molecule has 1 fully saturated rings. The van der Waals surface area contributed by atoms with E-state index in [-0.39, 0.29) is 0 Å². The van der Waals surface area contributed by atoms with E-state index in [4.69, 9.17) is 4.42 Å². The average Bonchev–Trinajstić information content (AvgIpc) is 2.70. The zero-order chi connectivity index (χ0) is 11.6. The van der Waals surface area contributed by atoms with Gasteiger partial charge in [-0.05, 0) is 26.8 Å². The molecule has 0 spiro atoms. The molecule has 0 aromatic carbocycles. The minimum absolute atomic E-state index is 0.307. The van der Waals surface area contributed by atoms with E-state index in [0.717, 1.165) is 19.6 Å². The summed E-state index contributed by atoms with van der Waals surface area (Å²) in [5.41, 5.74) is 1.59. The molecule has 2 rings (SSSR count). The van der Waals surface area contributed by atoms with Crippen molar-refractivity contribution in [1.29, 1.82) is 0 Å². The first-order valence-electron chi connectivity index (χ1n) is 6.04. The highest BCUT2D eigenvalue weighted by Crippen LogP contribution is 2.17. The maximum atomic E-state index is 5.09.